The fourth-order valence-electron chi connectivity index (χ4n) is 1.12. The van der Waals surface area contributed by atoms with Crippen molar-refractivity contribution < 1.29 is 4.74 Å². The molecule has 0 saturated carbocycles. The summed E-state index contributed by atoms with van der Waals surface area (Å²) in [5.74, 6) is 0. The van der Waals surface area contributed by atoms with Crippen LogP contribution in [0.1, 0.15) is 46.0 Å². The molecule has 0 heterocycles. The Hall–Kier alpha value is -0.300. The number of hydrogen-bond acceptors (Lipinski definition) is 1. The quantitative estimate of drug-likeness (QED) is 0.400. The number of unbranched alkanes of at least 4 members (excludes halogenated alkanes) is 3. The van der Waals surface area contributed by atoms with Crippen LogP contribution in [0.4, 0.5) is 0 Å². The van der Waals surface area contributed by atoms with E-state index >= 15 is 0 Å². The molecular formula is C11H22O. The Balaban J connectivity index is 3.02. The molecule has 12 heavy (non-hydrogen) atoms. The van der Waals surface area contributed by atoms with Gasteiger partial charge < -0.3 is 4.74 Å². The topological polar surface area (TPSA) is 9.23 Å². The molecule has 0 amide bonds. The van der Waals surface area contributed by atoms with Crippen LogP contribution in [-0.4, -0.2) is 12.7 Å². The summed E-state index contributed by atoms with van der Waals surface area (Å²) in [6.45, 7) is 8.91. The average Bonchev–Trinajstić information content (AvgIpc) is 2.05. The van der Waals surface area contributed by atoms with Gasteiger partial charge in [0.15, 0.2) is 0 Å². The highest BCUT2D eigenvalue weighted by Crippen LogP contribution is 2.02. The molecule has 0 N–H and O–H groups in total. The van der Waals surface area contributed by atoms with Gasteiger partial charge in [-0.25, -0.2) is 0 Å². The third-order valence-electron chi connectivity index (χ3n) is 1.90. The molecule has 0 spiro atoms. The first-order chi connectivity index (χ1) is 5.81. The third-order valence-corrected chi connectivity index (χ3v) is 1.90. The molecule has 0 bridgehead atoms. The molecule has 0 aliphatic rings. The minimum atomic E-state index is 0.351. The Labute approximate surface area is 76.8 Å². The fourth-order valence-corrected chi connectivity index (χ4v) is 1.12. The summed E-state index contributed by atoms with van der Waals surface area (Å²) in [5, 5.41) is 0. The van der Waals surface area contributed by atoms with E-state index in [9.17, 15) is 0 Å². The average molecular weight is 170 g/mol. The van der Waals surface area contributed by atoms with Crippen molar-refractivity contribution in [1.29, 1.82) is 0 Å². The lowest BCUT2D eigenvalue weighted by Crippen LogP contribution is -2.07. The smallest absolute Gasteiger partial charge is 0.0581 e. The molecular weight excluding hydrogens is 148 g/mol. The zero-order chi connectivity index (χ0) is 9.23. The van der Waals surface area contributed by atoms with Gasteiger partial charge in [0.1, 0.15) is 0 Å². The van der Waals surface area contributed by atoms with E-state index < -0.39 is 0 Å². The maximum Gasteiger partial charge on any atom is 0.0581 e. The lowest BCUT2D eigenvalue weighted by atomic mass is 10.2. The largest absolute Gasteiger partial charge is 0.378 e. The molecule has 0 aliphatic heterocycles. The molecule has 0 aromatic carbocycles. The molecule has 1 heteroatoms. The summed E-state index contributed by atoms with van der Waals surface area (Å²) >= 11 is 0. The van der Waals surface area contributed by atoms with E-state index in [-0.39, 0.29) is 0 Å². The Kier molecular flexibility index (Phi) is 8.57. The van der Waals surface area contributed by atoms with Crippen LogP contribution >= 0.6 is 0 Å². The van der Waals surface area contributed by atoms with Crippen LogP contribution in [0.5, 0.6) is 0 Å². The van der Waals surface area contributed by atoms with Gasteiger partial charge in [0.05, 0.1) is 6.10 Å². The fraction of sp³-hybridized carbons (Fsp3) is 0.818. The van der Waals surface area contributed by atoms with Crippen molar-refractivity contribution in [3.8, 4) is 0 Å². The van der Waals surface area contributed by atoms with Gasteiger partial charge in [0.2, 0.25) is 0 Å². The molecule has 0 fully saturated rings. The second kappa shape index (κ2) is 8.79. The molecule has 1 atom stereocenters. The standard InChI is InChI=1S/C11H22O/c1-4-6-7-8-10-12-11(3)9-5-2/h5,11H,2,4,6-10H2,1,3H3. The molecule has 0 rings (SSSR count). The number of rotatable bonds is 8. The second-order valence-corrected chi connectivity index (χ2v) is 3.27. The number of ether oxygens (including phenoxy) is 1. The van der Waals surface area contributed by atoms with Crippen molar-refractivity contribution in [3.63, 3.8) is 0 Å². The summed E-state index contributed by atoms with van der Waals surface area (Å²) in [5.41, 5.74) is 0. The minimum absolute atomic E-state index is 0.351. The monoisotopic (exact) mass is 170 g/mol. The van der Waals surface area contributed by atoms with E-state index in [1.165, 1.54) is 25.7 Å². The van der Waals surface area contributed by atoms with E-state index in [2.05, 4.69) is 20.4 Å². The van der Waals surface area contributed by atoms with Gasteiger partial charge in [-0.05, 0) is 19.8 Å². The van der Waals surface area contributed by atoms with Crippen LogP contribution in [0.3, 0.4) is 0 Å². The van der Waals surface area contributed by atoms with Crippen LogP contribution < -0.4 is 0 Å². The molecule has 0 radical (unpaired) electrons. The molecule has 1 unspecified atom stereocenters. The van der Waals surface area contributed by atoms with Crippen molar-refractivity contribution in [2.45, 2.75) is 52.1 Å². The van der Waals surface area contributed by atoms with E-state index in [1.807, 2.05) is 6.08 Å². The van der Waals surface area contributed by atoms with Crippen molar-refractivity contribution >= 4 is 0 Å². The first-order valence-electron chi connectivity index (χ1n) is 5.03. The summed E-state index contributed by atoms with van der Waals surface area (Å²) < 4.78 is 5.56. The molecule has 0 aliphatic carbocycles. The molecule has 0 aromatic rings. The van der Waals surface area contributed by atoms with Crippen LogP contribution in [-0.2, 0) is 4.74 Å². The maximum absolute atomic E-state index is 5.56. The molecule has 72 valence electrons. The second-order valence-electron chi connectivity index (χ2n) is 3.27. The molecule has 0 saturated heterocycles. The third kappa shape index (κ3) is 7.80. The highest BCUT2D eigenvalue weighted by Gasteiger charge is 1.97. The van der Waals surface area contributed by atoms with Crippen molar-refractivity contribution in [2.24, 2.45) is 0 Å². The highest BCUT2D eigenvalue weighted by atomic mass is 16.5. The van der Waals surface area contributed by atoms with Crippen LogP contribution in [0, 0.1) is 0 Å². The van der Waals surface area contributed by atoms with Crippen LogP contribution in [0.25, 0.3) is 0 Å². The van der Waals surface area contributed by atoms with E-state index in [1.54, 1.807) is 0 Å². The van der Waals surface area contributed by atoms with Gasteiger partial charge in [-0.15, -0.1) is 6.58 Å². The van der Waals surface area contributed by atoms with Gasteiger partial charge >= 0.3 is 0 Å². The first-order valence-corrected chi connectivity index (χ1v) is 5.03. The predicted molar refractivity (Wildman–Crippen MR) is 54.4 cm³/mol. The molecule has 1 nitrogen and oxygen atoms in total. The van der Waals surface area contributed by atoms with Crippen molar-refractivity contribution in [3.05, 3.63) is 12.7 Å². The summed E-state index contributed by atoms with van der Waals surface area (Å²) in [4.78, 5) is 0. The zero-order valence-electron chi connectivity index (χ0n) is 8.51. The Bertz CT molecular complexity index is 99.2. The van der Waals surface area contributed by atoms with Gasteiger partial charge in [-0.1, -0.05) is 32.3 Å². The summed E-state index contributed by atoms with van der Waals surface area (Å²) in [6.07, 6.45) is 8.36. The lowest BCUT2D eigenvalue weighted by molar-refractivity contribution is 0.0653. The van der Waals surface area contributed by atoms with E-state index in [0.717, 1.165) is 13.0 Å². The Morgan fingerprint density at radius 3 is 2.67 bits per heavy atom. The van der Waals surface area contributed by atoms with Gasteiger partial charge in [0, 0.05) is 6.61 Å². The predicted octanol–water partition coefficient (Wildman–Crippen LogP) is 3.55. The lowest BCUT2D eigenvalue weighted by Gasteiger charge is -2.09. The van der Waals surface area contributed by atoms with Gasteiger partial charge in [0.25, 0.3) is 0 Å². The summed E-state index contributed by atoms with van der Waals surface area (Å²) in [6, 6.07) is 0. The molecule has 0 aromatic heterocycles. The highest BCUT2D eigenvalue weighted by molar-refractivity contribution is 4.70. The normalized spacial score (nSPS) is 12.8. The van der Waals surface area contributed by atoms with Gasteiger partial charge in [-0.2, -0.15) is 0 Å². The first kappa shape index (κ1) is 11.7. The Morgan fingerprint density at radius 1 is 1.33 bits per heavy atom. The van der Waals surface area contributed by atoms with E-state index in [4.69, 9.17) is 4.74 Å². The van der Waals surface area contributed by atoms with Crippen LogP contribution in [0.15, 0.2) is 12.7 Å². The van der Waals surface area contributed by atoms with Crippen molar-refractivity contribution in [1.82, 2.24) is 0 Å². The SMILES string of the molecule is C=CCC(C)OCCCCCC. The summed E-state index contributed by atoms with van der Waals surface area (Å²) in [7, 11) is 0. The Morgan fingerprint density at radius 2 is 2.08 bits per heavy atom. The van der Waals surface area contributed by atoms with Crippen LogP contribution in [0.2, 0.25) is 0 Å². The maximum atomic E-state index is 5.56. The van der Waals surface area contributed by atoms with Gasteiger partial charge in [-0.3, -0.25) is 0 Å². The zero-order valence-corrected chi connectivity index (χ0v) is 8.51. The number of hydrogen-bond donors (Lipinski definition) is 0. The van der Waals surface area contributed by atoms with E-state index in [0.29, 0.717) is 6.10 Å². The minimum Gasteiger partial charge on any atom is -0.378 e. The van der Waals surface area contributed by atoms with Crippen molar-refractivity contribution in [2.75, 3.05) is 6.61 Å².